The molecule has 0 aromatic heterocycles. The first-order chi connectivity index (χ1) is 7.66. The third-order valence-electron chi connectivity index (χ3n) is 2.07. The highest BCUT2D eigenvalue weighted by molar-refractivity contribution is 7.85. The van der Waals surface area contributed by atoms with E-state index in [1.807, 2.05) is 0 Å². The van der Waals surface area contributed by atoms with Crippen molar-refractivity contribution in [2.24, 2.45) is 0 Å². The van der Waals surface area contributed by atoms with Gasteiger partial charge in [0.2, 0.25) is 0 Å². The SMILES string of the molecule is Cc1c(S(=O)(=O)O)ccc(C(=O)O)c1[N+](=O)[O-]. The first-order valence-electron chi connectivity index (χ1n) is 4.15. The zero-order chi connectivity index (χ0) is 13.4. The van der Waals surface area contributed by atoms with Crippen molar-refractivity contribution >= 4 is 21.8 Å². The molecule has 0 aliphatic carbocycles. The minimum absolute atomic E-state index is 0.419. The average molecular weight is 261 g/mol. The van der Waals surface area contributed by atoms with Crippen LogP contribution in [0.3, 0.4) is 0 Å². The second kappa shape index (κ2) is 4.11. The molecule has 8 nitrogen and oxygen atoms in total. The van der Waals surface area contributed by atoms with Crippen LogP contribution in [0.1, 0.15) is 15.9 Å². The molecule has 0 saturated heterocycles. The average Bonchev–Trinajstić information content (AvgIpc) is 2.13. The summed E-state index contributed by atoms with van der Waals surface area (Å²) in [6, 6.07) is 1.57. The second-order valence-corrected chi connectivity index (χ2v) is 4.51. The van der Waals surface area contributed by atoms with Crippen molar-refractivity contribution in [1.29, 1.82) is 0 Å². The van der Waals surface area contributed by atoms with Crippen molar-refractivity contribution in [3.8, 4) is 0 Å². The van der Waals surface area contributed by atoms with E-state index in [9.17, 15) is 23.3 Å². The van der Waals surface area contributed by atoms with Crippen LogP contribution >= 0.6 is 0 Å². The molecule has 0 spiro atoms. The Morgan fingerprint density at radius 1 is 1.41 bits per heavy atom. The molecule has 0 aliphatic rings. The topological polar surface area (TPSA) is 135 Å². The van der Waals surface area contributed by atoms with E-state index < -0.39 is 42.7 Å². The number of nitro benzene ring substituents is 1. The Balaban J connectivity index is 3.73. The summed E-state index contributed by atoms with van der Waals surface area (Å²) in [5, 5.41) is 19.4. The van der Waals surface area contributed by atoms with Gasteiger partial charge in [0.05, 0.1) is 4.92 Å². The molecular formula is C8H7NO7S. The maximum atomic E-state index is 10.9. The van der Waals surface area contributed by atoms with Crippen LogP contribution in [0.15, 0.2) is 17.0 Å². The summed E-state index contributed by atoms with van der Waals surface area (Å²) in [5.41, 5.74) is -1.91. The van der Waals surface area contributed by atoms with Gasteiger partial charge in [0.25, 0.3) is 15.8 Å². The van der Waals surface area contributed by atoms with Crippen molar-refractivity contribution in [2.75, 3.05) is 0 Å². The molecule has 0 amide bonds. The van der Waals surface area contributed by atoms with Crippen LogP contribution in [0.5, 0.6) is 0 Å². The molecule has 9 heteroatoms. The normalized spacial score (nSPS) is 11.2. The number of carboxylic acid groups (broad SMARTS) is 1. The Morgan fingerprint density at radius 2 is 1.94 bits per heavy atom. The molecule has 0 atom stereocenters. The summed E-state index contributed by atoms with van der Waals surface area (Å²) in [6.07, 6.45) is 0. The Labute approximate surface area is 95.4 Å². The fourth-order valence-corrected chi connectivity index (χ4v) is 2.09. The molecule has 0 unspecified atom stereocenters. The summed E-state index contributed by atoms with van der Waals surface area (Å²) in [6.45, 7) is 1.05. The third-order valence-corrected chi connectivity index (χ3v) is 3.07. The lowest BCUT2D eigenvalue weighted by atomic mass is 10.1. The van der Waals surface area contributed by atoms with E-state index in [-0.39, 0.29) is 0 Å². The highest BCUT2D eigenvalue weighted by Gasteiger charge is 2.28. The van der Waals surface area contributed by atoms with Crippen molar-refractivity contribution in [3.05, 3.63) is 33.4 Å². The number of hydrogen-bond donors (Lipinski definition) is 2. The number of hydrogen-bond acceptors (Lipinski definition) is 5. The van der Waals surface area contributed by atoms with Gasteiger partial charge in [-0.15, -0.1) is 0 Å². The fourth-order valence-electron chi connectivity index (χ4n) is 1.37. The van der Waals surface area contributed by atoms with Crippen LogP contribution in [-0.4, -0.2) is 29.0 Å². The maximum absolute atomic E-state index is 10.9. The van der Waals surface area contributed by atoms with Crippen molar-refractivity contribution in [1.82, 2.24) is 0 Å². The van der Waals surface area contributed by atoms with Gasteiger partial charge in [0.15, 0.2) is 0 Å². The molecule has 0 aliphatic heterocycles. The van der Waals surface area contributed by atoms with E-state index >= 15 is 0 Å². The number of carbonyl (C=O) groups is 1. The van der Waals surface area contributed by atoms with Gasteiger partial charge < -0.3 is 5.11 Å². The lowest BCUT2D eigenvalue weighted by Gasteiger charge is -2.05. The Morgan fingerprint density at radius 3 is 2.29 bits per heavy atom. The van der Waals surface area contributed by atoms with Gasteiger partial charge >= 0.3 is 5.97 Å². The van der Waals surface area contributed by atoms with E-state index in [1.165, 1.54) is 0 Å². The summed E-state index contributed by atoms with van der Waals surface area (Å²) >= 11 is 0. The van der Waals surface area contributed by atoms with Gasteiger partial charge in [-0.05, 0) is 19.1 Å². The molecule has 0 saturated carbocycles. The molecule has 1 rings (SSSR count). The smallest absolute Gasteiger partial charge is 0.342 e. The lowest BCUT2D eigenvalue weighted by Crippen LogP contribution is -2.09. The van der Waals surface area contributed by atoms with Crippen LogP contribution < -0.4 is 0 Å². The number of benzene rings is 1. The number of aromatic carboxylic acids is 1. The second-order valence-electron chi connectivity index (χ2n) is 3.12. The molecule has 1 aromatic carbocycles. The summed E-state index contributed by atoms with van der Waals surface area (Å²) in [5.74, 6) is -1.55. The van der Waals surface area contributed by atoms with Gasteiger partial charge in [0.1, 0.15) is 10.5 Å². The van der Waals surface area contributed by atoms with Crippen LogP contribution in [-0.2, 0) is 10.1 Å². The van der Waals surface area contributed by atoms with Gasteiger partial charge in [-0.25, -0.2) is 4.79 Å². The predicted molar refractivity (Wildman–Crippen MR) is 54.6 cm³/mol. The molecule has 0 fully saturated rings. The first kappa shape index (κ1) is 13.1. The van der Waals surface area contributed by atoms with Crippen molar-refractivity contribution in [3.63, 3.8) is 0 Å². The standard InChI is InChI=1S/C8H7NO7S/c1-4-6(17(14,15)16)3-2-5(8(10)11)7(4)9(12)13/h2-3H,1H3,(H,10,11)(H,14,15,16). The molecule has 1 aromatic rings. The molecular weight excluding hydrogens is 254 g/mol. The predicted octanol–water partition coefficient (Wildman–Crippen LogP) is 0.848. The van der Waals surface area contributed by atoms with Crippen molar-refractivity contribution in [2.45, 2.75) is 11.8 Å². The summed E-state index contributed by atoms with van der Waals surface area (Å²) < 4.78 is 30.6. The van der Waals surface area contributed by atoms with Crippen LogP contribution in [0, 0.1) is 17.0 Å². The zero-order valence-electron chi connectivity index (χ0n) is 8.45. The van der Waals surface area contributed by atoms with E-state index in [0.717, 1.165) is 19.1 Å². The van der Waals surface area contributed by atoms with E-state index in [1.54, 1.807) is 0 Å². The van der Waals surface area contributed by atoms with Crippen LogP contribution in [0.25, 0.3) is 0 Å². The van der Waals surface area contributed by atoms with Crippen LogP contribution in [0.4, 0.5) is 5.69 Å². The third kappa shape index (κ3) is 2.40. The highest BCUT2D eigenvalue weighted by atomic mass is 32.2. The fraction of sp³-hybridized carbons (Fsp3) is 0.125. The minimum Gasteiger partial charge on any atom is -0.477 e. The van der Waals surface area contributed by atoms with Gasteiger partial charge in [0, 0.05) is 5.56 Å². The molecule has 2 N–H and O–H groups in total. The Kier molecular flexibility index (Phi) is 3.16. The summed E-state index contributed by atoms with van der Waals surface area (Å²) in [4.78, 5) is 19.7. The first-order valence-corrected chi connectivity index (χ1v) is 5.59. The maximum Gasteiger partial charge on any atom is 0.342 e. The largest absolute Gasteiger partial charge is 0.477 e. The van der Waals surface area contributed by atoms with Gasteiger partial charge in [-0.3, -0.25) is 14.7 Å². The quantitative estimate of drug-likeness (QED) is 0.467. The van der Waals surface area contributed by atoms with E-state index in [0.29, 0.717) is 0 Å². The van der Waals surface area contributed by atoms with E-state index in [4.69, 9.17) is 9.66 Å². The number of rotatable bonds is 3. The summed E-state index contributed by atoms with van der Waals surface area (Å²) in [7, 11) is -4.63. The zero-order valence-corrected chi connectivity index (χ0v) is 9.26. The molecule has 17 heavy (non-hydrogen) atoms. The highest BCUT2D eigenvalue weighted by Crippen LogP contribution is 2.28. The molecule has 0 bridgehead atoms. The van der Waals surface area contributed by atoms with E-state index in [2.05, 4.69) is 0 Å². The molecule has 0 heterocycles. The van der Waals surface area contributed by atoms with Crippen molar-refractivity contribution < 1.29 is 27.8 Å². The minimum atomic E-state index is -4.63. The Bertz CT molecular complexity index is 605. The number of carboxylic acids is 1. The monoisotopic (exact) mass is 261 g/mol. The number of nitro groups is 1. The molecule has 0 radical (unpaired) electrons. The molecule has 92 valence electrons. The van der Waals surface area contributed by atoms with Crippen LogP contribution in [0.2, 0.25) is 0 Å². The lowest BCUT2D eigenvalue weighted by molar-refractivity contribution is -0.386. The van der Waals surface area contributed by atoms with Gasteiger partial charge in [-0.2, -0.15) is 8.42 Å². The van der Waals surface area contributed by atoms with Gasteiger partial charge in [-0.1, -0.05) is 0 Å². The Hall–Kier alpha value is -2.00. The number of nitrogens with zero attached hydrogens (tertiary/aromatic N) is 1.